The van der Waals surface area contributed by atoms with Crippen molar-refractivity contribution < 1.29 is 28.5 Å². The number of Topliss-reactive ketones (excluding diaryl/α,β-unsaturated/α-hetero) is 2. The molecule has 1 aromatic rings. The van der Waals surface area contributed by atoms with Crippen molar-refractivity contribution in [2.75, 3.05) is 21.3 Å². The zero-order chi connectivity index (χ0) is 17.6. The molecule has 6 nitrogen and oxygen atoms in total. The van der Waals surface area contributed by atoms with Gasteiger partial charge in [0.1, 0.15) is 22.1 Å². The zero-order valence-electron chi connectivity index (χ0n) is 13.8. The van der Waals surface area contributed by atoms with Gasteiger partial charge in [0.05, 0.1) is 21.3 Å². The number of halogens is 1. The van der Waals surface area contributed by atoms with Gasteiger partial charge in [0.25, 0.3) is 0 Å². The Hall–Kier alpha value is -2.21. The second kappa shape index (κ2) is 5.70. The van der Waals surface area contributed by atoms with Crippen molar-refractivity contribution in [3.05, 3.63) is 28.5 Å². The van der Waals surface area contributed by atoms with Crippen LogP contribution < -0.4 is 14.2 Å². The van der Waals surface area contributed by atoms with E-state index in [-0.39, 0.29) is 40.1 Å². The molecule has 0 saturated carbocycles. The van der Waals surface area contributed by atoms with Crippen LogP contribution in [0, 0.1) is 5.92 Å². The van der Waals surface area contributed by atoms with Crippen LogP contribution in [0.25, 0.3) is 0 Å². The number of ether oxygens (including phenoxy) is 4. The van der Waals surface area contributed by atoms with Crippen molar-refractivity contribution in [2.45, 2.75) is 18.9 Å². The summed E-state index contributed by atoms with van der Waals surface area (Å²) in [5, 5.41) is 0.190. The lowest BCUT2D eigenvalue weighted by molar-refractivity contribution is -0.123. The number of ketones is 2. The summed E-state index contributed by atoms with van der Waals surface area (Å²) in [6, 6.07) is 1.54. The van der Waals surface area contributed by atoms with Crippen molar-refractivity contribution in [1.82, 2.24) is 0 Å². The Morgan fingerprint density at radius 1 is 1.17 bits per heavy atom. The van der Waals surface area contributed by atoms with Gasteiger partial charge in [0.2, 0.25) is 5.78 Å². The highest BCUT2D eigenvalue weighted by Crippen LogP contribution is 2.52. The number of methoxy groups -OCH3 is 3. The number of carbonyl (C=O) groups is 2. The Balaban J connectivity index is 2.20. The third-order valence-electron chi connectivity index (χ3n) is 4.37. The molecule has 24 heavy (non-hydrogen) atoms. The molecule has 1 aliphatic heterocycles. The summed E-state index contributed by atoms with van der Waals surface area (Å²) in [6.07, 6.45) is 1.63. The standard InChI is InChI=1S/C17H17ClO6/c1-8-6-17(7-11(23-4)14(8)19)16(20)12-9(21-2)5-10(22-3)13(18)15(12)24-17/h5,7-8H,6H2,1-4H3/t8-,17-/m1/s1. The number of hydrogen-bond donors (Lipinski definition) is 0. The number of benzene rings is 1. The molecule has 1 aromatic carbocycles. The van der Waals surface area contributed by atoms with Crippen LogP contribution in [0.15, 0.2) is 17.9 Å². The van der Waals surface area contributed by atoms with Crippen LogP contribution in [0.1, 0.15) is 23.7 Å². The van der Waals surface area contributed by atoms with E-state index in [1.54, 1.807) is 13.0 Å². The summed E-state index contributed by atoms with van der Waals surface area (Å²) in [7, 11) is 4.30. The zero-order valence-corrected chi connectivity index (χ0v) is 14.5. The van der Waals surface area contributed by atoms with Gasteiger partial charge in [-0.25, -0.2) is 0 Å². The Morgan fingerprint density at radius 3 is 2.42 bits per heavy atom. The van der Waals surface area contributed by atoms with E-state index < -0.39 is 11.5 Å². The van der Waals surface area contributed by atoms with Gasteiger partial charge in [0.15, 0.2) is 22.9 Å². The van der Waals surface area contributed by atoms with Crippen LogP contribution >= 0.6 is 11.6 Å². The molecule has 0 fully saturated rings. The van der Waals surface area contributed by atoms with Crippen LogP contribution in [-0.4, -0.2) is 38.5 Å². The van der Waals surface area contributed by atoms with Crippen molar-refractivity contribution >= 4 is 23.2 Å². The molecule has 0 radical (unpaired) electrons. The predicted octanol–water partition coefficient (Wildman–Crippen LogP) is 2.81. The largest absolute Gasteiger partial charge is 0.496 e. The number of rotatable bonds is 3. The molecule has 2 atom stereocenters. The summed E-state index contributed by atoms with van der Waals surface area (Å²) in [5.41, 5.74) is -1.08. The monoisotopic (exact) mass is 352 g/mol. The topological polar surface area (TPSA) is 71.1 Å². The first-order valence-corrected chi connectivity index (χ1v) is 7.75. The first-order valence-electron chi connectivity index (χ1n) is 7.38. The lowest BCUT2D eigenvalue weighted by Crippen LogP contribution is -2.45. The molecule has 1 heterocycles. The van der Waals surface area contributed by atoms with Crippen LogP contribution in [0.5, 0.6) is 17.2 Å². The second-order valence-corrected chi connectivity index (χ2v) is 6.18. The van der Waals surface area contributed by atoms with Crippen LogP contribution in [0.4, 0.5) is 0 Å². The molecule has 1 spiro atoms. The number of allylic oxidation sites excluding steroid dienone is 1. The van der Waals surface area contributed by atoms with E-state index in [4.69, 9.17) is 30.5 Å². The van der Waals surface area contributed by atoms with Gasteiger partial charge in [-0.2, -0.15) is 0 Å². The average Bonchev–Trinajstić information content (AvgIpc) is 2.85. The summed E-state index contributed by atoms with van der Waals surface area (Å²) in [6.45, 7) is 1.73. The first kappa shape index (κ1) is 16.6. The molecule has 0 amide bonds. The van der Waals surface area contributed by atoms with Gasteiger partial charge in [0, 0.05) is 24.5 Å². The minimum atomic E-state index is -1.33. The van der Waals surface area contributed by atoms with E-state index in [2.05, 4.69) is 0 Å². The van der Waals surface area contributed by atoms with Gasteiger partial charge in [-0.1, -0.05) is 18.5 Å². The fraction of sp³-hybridized carbons (Fsp3) is 0.412. The Labute approximate surface area is 144 Å². The number of fused-ring (bicyclic) bond motifs is 1. The normalized spacial score (nSPS) is 25.2. The lowest BCUT2D eigenvalue weighted by atomic mass is 9.79. The fourth-order valence-electron chi connectivity index (χ4n) is 3.17. The van der Waals surface area contributed by atoms with Crippen molar-refractivity contribution in [3.8, 4) is 17.2 Å². The minimum absolute atomic E-state index is 0.108. The highest BCUT2D eigenvalue weighted by molar-refractivity contribution is 6.35. The third-order valence-corrected chi connectivity index (χ3v) is 4.73. The van der Waals surface area contributed by atoms with Gasteiger partial charge in [-0.3, -0.25) is 9.59 Å². The molecule has 0 N–H and O–H groups in total. The van der Waals surface area contributed by atoms with Gasteiger partial charge in [-0.15, -0.1) is 0 Å². The maximum absolute atomic E-state index is 13.1. The quantitative estimate of drug-likeness (QED) is 0.833. The minimum Gasteiger partial charge on any atom is -0.496 e. The number of hydrogen-bond acceptors (Lipinski definition) is 6. The van der Waals surface area contributed by atoms with Crippen molar-refractivity contribution in [2.24, 2.45) is 5.92 Å². The summed E-state index contributed by atoms with van der Waals surface area (Å²) in [4.78, 5) is 25.2. The molecular formula is C17H17ClO6. The highest BCUT2D eigenvalue weighted by Gasteiger charge is 2.54. The van der Waals surface area contributed by atoms with Crippen LogP contribution in [0.2, 0.25) is 5.02 Å². The molecule has 0 unspecified atom stereocenters. The second-order valence-electron chi connectivity index (χ2n) is 5.80. The summed E-state index contributed by atoms with van der Waals surface area (Å²) < 4.78 is 21.6. The Morgan fingerprint density at radius 2 is 1.83 bits per heavy atom. The van der Waals surface area contributed by atoms with E-state index in [1.165, 1.54) is 27.4 Å². The highest BCUT2D eigenvalue weighted by atomic mass is 35.5. The van der Waals surface area contributed by atoms with E-state index in [1.807, 2.05) is 0 Å². The van der Waals surface area contributed by atoms with Gasteiger partial charge >= 0.3 is 0 Å². The Kier molecular flexibility index (Phi) is 3.95. The molecule has 3 rings (SSSR count). The van der Waals surface area contributed by atoms with E-state index >= 15 is 0 Å². The van der Waals surface area contributed by atoms with E-state index in [9.17, 15) is 9.59 Å². The number of carbonyl (C=O) groups excluding carboxylic acids is 2. The van der Waals surface area contributed by atoms with Gasteiger partial charge in [-0.05, 0) is 0 Å². The molecule has 1 aliphatic carbocycles. The molecule has 0 saturated heterocycles. The third kappa shape index (κ3) is 2.17. The first-order chi connectivity index (χ1) is 11.4. The SMILES string of the molecule is COC1=C[C@@]2(C[C@@H](C)C1=O)Oc1c(Cl)c(OC)cc(OC)c1C2=O. The van der Waals surface area contributed by atoms with Crippen molar-refractivity contribution in [3.63, 3.8) is 0 Å². The average molecular weight is 353 g/mol. The van der Waals surface area contributed by atoms with E-state index in [0.717, 1.165) is 0 Å². The summed E-state index contributed by atoms with van der Waals surface area (Å²) >= 11 is 6.31. The summed E-state index contributed by atoms with van der Waals surface area (Å²) in [5.74, 6) is 0.0647. The van der Waals surface area contributed by atoms with E-state index in [0.29, 0.717) is 11.5 Å². The molecular weight excluding hydrogens is 336 g/mol. The molecule has 0 bridgehead atoms. The Bertz CT molecular complexity index is 769. The maximum Gasteiger partial charge on any atom is 0.218 e. The lowest BCUT2D eigenvalue weighted by Gasteiger charge is -2.31. The molecule has 0 aromatic heterocycles. The van der Waals surface area contributed by atoms with Gasteiger partial charge < -0.3 is 18.9 Å². The fourth-order valence-corrected chi connectivity index (χ4v) is 3.43. The predicted molar refractivity (Wildman–Crippen MR) is 86.1 cm³/mol. The smallest absolute Gasteiger partial charge is 0.218 e. The van der Waals surface area contributed by atoms with Crippen molar-refractivity contribution in [1.29, 1.82) is 0 Å². The maximum atomic E-state index is 13.1. The molecule has 2 aliphatic rings. The molecule has 128 valence electrons. The molecule has 7 heteroatoms. The van der Waals surface area contributed by atoms with Crippen LogP contribution in [-0.2, 0) is 9.53 Å². The van der Waals surface area contributed by atoms with Crippen LogP contribution in [0.3, 0.4) is 0 Å².